The summed E-state index contributed by atoms with van der Waals surface area (Å²) in [6.07, 6.45) is 6.11. The van der Waals surface area contributed by atoms with E-state index < -0.39 is 0 Å². The van der Waals surface area contributed by atoms with Gasteiger partial charge >= 0.3 is 0 Å². The minimum absolute atomic E-state index is 0.915. The molecule has 3 aromatic heterocycles. The fourth-order valence-electron chi connectivity index (χ4n) is 4.30. The molecule has 3 heteroatoms. The second-order valence-corrected chi connectivity index (χ2v) is 8.02. The van der Waals surface area contributed by atoms with Crippen molar-refractivity contribution in [2.45, 2.75) is 0 Å². The molecule has 0 aliphatic carbocycles. The highest BCUT2D eigenvalue weighted by Gasteiger charge is 2.04. The highest BCUT2D eigenvalue weighted by atomic mass is 14.7. The van der Waals surface area contributed by atoms with Gasteiger partial charge in [-0.2, -0.15) is 0 Å². The van der Waals surface area contributed by atoms with E-state index in [4.69, 9.17) is 4.98 Å². The lowest BCUT2D eigenvalue weighted by molar-refractivity contribution is 1.24. The van der Waals surface area contributed by atoms with Crippen LogP contribution in [0, 0.1) is 0 Å². The van der Waals surface area contributed by atoms with E-state index in [1.165, 1.54) is 5.39 Å². The number of hydrogen-bond acceptors (Lipinski definition) is 2. The lowest BCUT2D eigenvalue weighted by Gasteiger charge is -2.01. The third-order valence-electron chi connectivity index (χ3n) is 5.89. The summed E-state index contributed by atoms with van der Waals surface area (Å²) < 4.78 is 0. The highest BCUT2D eigenvalue weighted by Crippen LogP contribution is 2.18. The number of benzene rings is 3. The predicted octanol–water partition coefficient (Wildman–Crippen LogP) is 5.44. The number of fused-ring (bicyclic) bond motifs is 2. The number of aromatic nitrogens is 3. The number of nitrogens with zero attached hydrogens (tertiary/aromatic N) is 2. The van der Waals surface area contributed by atoms with Gasteiger partial charge in [-0.15, -0.1) is 0 Å². The molecule has 0 atom stereocenters. The average Bonchev–Trinajstić information content (AvgIpc) is 3.22. The minimum atomic E-state index is 0.915. The maximum Gasteiger partial charge on any atom is 0.0728 e. The van der Waals surface area contributed by atoms with Gasteiger partial charge < -0.3 is 4.98 Å². The maximum atomic E-state index is 4.88. The molecule has 0 bridgehead atoms. The molecule has 0 saturated heterocycles. The molecule has 0 saturated carbocycles. The van der Waals surface area contributed by atoms with E-state index in [-0.39, 0.29) is 0 Å². The number of H-pyrrole nitrogens is 1. The quantitative estimate of drug-likeness (QED) is 0.412. The Bertz CT molecular complexity index is 1710. The van der Waals surface area contributed by atoms with Crippen molar-refractivity contribution < 1.29 is 0 Å². The second kappa shape index (κ2) is 8.21. The molecular formula is C30H21N3. The van der Waals surface area contributed by atoms with Crippen molar-refractivity contribution in [1.29, 1.82) is 0 Å². The summed E-state index contributed by atoms with van der Waals surface area (Å²) in [5, 5.41) is 6.73. The van der Waals surface area contributed by atoms with Crippen molar-refractivity contribution in [3.05, 3.63) is 131 Å². The van der Waals surface area contributed by atoms with E-state index in [0.717, 1.165) is 49.5 Å². The lowest BCUT2D eigenvalue weighted by Crippen LogP contribution is -2.10. The molecule has 33 heavy (non-hydrogen) atoms. The van der Waals surface area contributed by atoms with E-state index in [2.05, 4.69) is 88.9 Å². The number of hydrogen-bond donors (Lipinski definition) is 1. The van der Waals surface area contributed by atoms with Gasteiger partial charge in [0.15, 0.2) is 0 Å². The van der Waals surface area contributed by atoms with Gasteiger partial charge in [0, 0.05) is 38.6 Å². The number of nitrogens with one attached hydrogen (secondary N) is 1. The van der Waals surface area contributed by atoms with Crippen LogP contribution in [0.4, 0.5) is 0 Å². The van der Waals surface area contributed by atoms with Gasteiger partial charge in [-0.1, -0.05) is 84.9 Å². The zero-order valence-electron chi connectivity index (χ0n) is 17.9. The van der Waals surface area contributed by atoms with Crippen molar-refractivity contribution in [3.63, 3.8) is 0 Å². The Balaban J connectivity index is 1.54. The first-order valence-electron chi connectivity index (χ1n) is 11.0. The van der Waals surface area contributed by atoms with E-state index in [9.17, 15) is 0 Å². The summed E-state index contributed by atoms with van der Waals surface area (Å²) >= 11 is 0. The summed E-state index contributed by atoms with van der Waals surface area (Å²) in [5.41, 5.74) is 3.95. The van der Waals surface area contributed by atoms with E-state index in [1.54, 1.807) is 0 Å². The zero-order valence-corrected chi connectivity index (χ0v) is 17.9. The van der Waals surface area contributed by atoms with E-state index in [1.807, 2.05) is 42.6 Å². The fourth-order valence-corrected chi connectivity index (χ4v) is 4.30. The molecule has 3 nitrogen and oxygen atoms in total. The zero-order chi connectivity index (χ0) is 22.0. The summed E-state index contributed by atoms with van der Waals surface area (Å²) in [6, 6.07) is 35.2. The van der Waals surface area contributed by atoms with Crippen LogP contribution in [-0.4, -0.2) is 15.0 Å². The van der Waals surface area contributed by atoms with Gasteiger partial charge in [-0.05, 0) is 35.7 Å². The number of rotatable bonds is 3. The molecule has 3 heterocycles. The van der Waals surface area contributed by atoms with E-state index >= 15 is 0 Å². The Labute approximate surface area is 191 Å². The van der Waals surface area contributed by atoms with Crippen LogP contribution in [0.3, 0.4) is 0 Å². The molecule has 156 valence electrons. The second-order valence-electron chi connectivity index (χ2n) is 8.02. The van der Waals surface area contributed by atoms with Crippen LogP contribution in [0.15, 0.2) is 109 Å². The molecule has 0 unspecified atom stereocenters. The molecule has 0 aliphatic heterocycles. The fraction of sp³-hybridized carbons (Fsp3) is 0. The molecule has 0 radical (unpaired) electrons. The standard InChI is InChI=1S/C30H21N3/c1-2-10-22(11-3-1)27-16-8-12-23(32-27)19-29-25-14-6-7-15-26(25)30(33-29)20-28-24-13-5-4-9-21(24)17-18-31-28/h1-20,33H. The molecule has 0 spiro atoms. The number of aromatic amines is 1. The third-order valence-corrected chi connectivity index (χ3v) is 5.89. The molecule has 0 amide bonds. The first-order chi connectivity index (χ1) is 16.3. The van der Waals surface area contributed by atoms with Gasteiger partial charge in [0.25, 0.3) is 0 Å². The van der Waals surface area contributed by atoms with Crippen molar-refractivity contribution in [3.8, 4) is 11.3 Å². The Morgan fingerprint density at radius 3 is 2.09 bits per heavy atom. The summed E-state index contributed by atoms with van der Waals surface area (Å²) in [7, 11) is 0. The lowest BCUT2D eigenvalue weighted by atomic mass is 10.1. The molecule has 1 N–H and O–H groups in total. The van der Waals surface area contributed by atoms with Crippen LogP contribution in [0.2, 0.25) is 0 Å². The number of pyridine rings is 2. The Morgan fingerprint density at radius 1 is 0.576 bits per heavy atom. The van der Waals surface area contributed by atoms with Gasteiger partial charge in [-0.3, -0.25) is 4.98 Å². The van der Waals surface area contributed by atoms with E-state index in [0.29, 0.717) is 0 Å². The van der Waals surface area contributed by atoms with Crippen LogP contribution in [0.5, 0.6) is 0 Å². The molecule has 0 aliphatic rings. The normalized spacial score (nSPS) is 12.6. The predicted molar refractivity (Wildman–Crippen MR) is 136 cm³/mol. The summed E-state index contributed by atoms with van der Waals surface area (Å²) in [4.78, 5) is 13.1. The molecule has 6 aromatic rings. The first kappa shape index (κ1) is 19.2. The first-order valence-corrected chi connectivity index (χ1v) is 11.0. The minimum Gasteiger partial charge on any atom is -0.354 e. The van der Waals surface area contributed by atoms with Crippen LogP contribution >= 0.6 is 0 Å². The SMILES string of the molecule is C(c1cccc(-c2ccccc2)n1)=c1[nH]c(=Cc2nccc3ccccc23)c2ccccc12. The topological polar surface area (TPSA) is 41.6 Å². The average molecular weight is 424 g/mol. The van der Waals surface area contributed by atoms with Crippen LogP contribution in [-0.2, 0) is 0 Å². The Kier molecular flexibility index (Phi) is 4.78. The molecular weight excluding hydrogens is 402 g/mol. The van der Waals surface area contributed by atoms with Gasteiger partial charge in [0.2, 0.25) is 0 Å². The Hall–Kier alpha value is -4.50. The molecule has 0 fully saturated rings. The van der Waals surface area contributed by atoms with Crippen molar-refractivity contribution in [1.82, 2.24) is 15.0 Å². The van der Waals surface area contributed by atoms with Crippen molar-refractivity contribution in [2.75, 3.05) is 0 Å². The van der Waals surface area contributed by atoms with Crippen LogP contribution in [0.1, 0.15) is 11.4 Å². The molecule has 6 rings (SSSR count). The van der Waals surface area contributed by atoms with Gasteiger partial charge in [-0.25, -0.2) is 4.98 Å². The van der Waals surface area contributed by atoms with Crippen molar-refractivity contribution in [2.24, 2.45) is 0 Å². The van der Waals surface area contributed by atoms with Crippen LogP contribution in [0.25, 0.3) is 45.0 Å². The highest BCUT2D eigenvalue weighted by molar-refractivity contribution is 5.91. The molecule has 3 aromatic carbocycles. The Morgan fingerprint density at radius 2 is 1.27 bits per heavy atom. The third kappa shape index (κ3) is 3.70. The van der Waals surface area contributed by atoms with Gasteiger partial charge in [0.1, 0.15) is 0 Å². The summed E-state index contributed by atoms with van der Waals surface area (Å²) in [6.45, 7) is 0. The summed E-state index contributed by atoms with van der Waals surface area (Å²) in [5.74, 6) is 0. The van der Waals surface area contributed by atoms with Crippen molar-refractivity contribution >= 4 is 33.7 Å². The maximum absolute atomic E-state index is 4.88. The smallest absolute Gasteiger partial charge is 0.0728 e. The largest absolute Gasteiger partial charge is 0.354 e. The van der Waals surface area contributed by atoms with Crippen LogP contribution < -0.4 is 10.7 Å². The monoisotopic (exact) mass is 423 g/mol. The van der Waals surface area contributed by atoms with Gasteiger partial charge in [0.05, 0.1) is 17.1 Å².